The SMILES string of the molecule is CN(C)CCOc1nn(Cc2ccc(Cl)cc2)c2ccccc12.Cl. The number of halogens is 2. The summed E-state index contributed by atoms with van der Waals surface area (Å²) in [7, 11) is 4.06. The van der Waals surface area contributed by atoms with E-state index in [0.29, 0.717) is 19.0 Å². The van der Waals surface area contributed by atoms with Crippen molar-refractivity contribution in [1.29, 1.82) is 0 Å². The zero-order valence-electron chi connectivity index (χ0n) is 13.8. The molecule has 6 heteroatoms. The fourth-order valence-electron chi connectivity index (χ4n) is 2.41. The van der Waals surface area contributed by atoms with Gasteiger partial charge in [-0.2, -0.15) is 0 Å². The number of aromatic nitrogens is 2. The minimum absolute atomic E-state index is 0. The normalized spacial score (nSPS) is 10.8. The van der Waals surface area contributed by atoms with Crippen LogP contribution in [0.2, 0.25) is 5.02 Å². The molecule has 0 fully saturated rings. The number of nitrogens with zero attached hydrogens (tertiary/aromatic N) is 3. The Morgan fingerprint density at radius 3 is 2.50 bits per heavy atom. The van der Waals surface area contributed by atoms with Gasteiger partial charge < -0.3 is 9.64 Å². The maximum Gasteiger partial charge on any atom is 0.240 e. The van der Waals surface area contributed by atoms with Gasteiger partial charge in [-0.15, -0.1) is 17.5 Å². The molecule has 0 unspecified atom stereocenters. The van der Waals surface area contributed by atoms with Crippen LogP contribution in [0.1, 0.15) is 5.56 Å². The van der Waals surface area contributed by atoms with E-state index in [2.05, 4.69) is 16.1 Å². The van der Waals surface area contributed by atoms with Crippen LogP contribution in [0, 0.1) is 0 Å². The van der Waals surface area contributed by atoms with Crippen LogP contribution >= 0.6 is 24.0 Å². The highest BCUT2D eigenvalue weighted by atomic mass is 35.5. The van der Waals surface area contributed by atoms with Crippen LogP contribution in [0.15, 0.2) is 48.5 Å². The first-order valence-corrected chi connectivity index (χ1v) is 7.99. The molecule has 0 bridgehead atoms. The maximum absolute atomic E-state index is 5.95. The Balaban J connectivity index is 0.00000208. The lowest BCUT2D eigenvalue weighted by Gasteiger charge is -2.09. The molecular weight excluding hydrogens is 345 g/mol. The summed E-state index contributed by atoms with van der Waals surface area (Å²) in [5, 5.41) is 6.43. The van der Waals surface area contributed by atoms with E-state index in [-0.39, 0.29) is 12.4 Å². The topological polar surface area (TPSA) is 30.3 Å². The first kappa shape index (κ1) is 18.6. The molecule has 0 saturated carbocycles. The van der Waals surface area contributed by atoms with Gasteiger partial charge >= 0.3 is 0 Å². The summed E-state index contributed by atoms with van der Waals surface area (Å²) in [5.41, 5.74) is 2.23. The molecule has 1 aromatic heterocycles. The second-order valence-electron chi connectivity index (χ2n) is 5.76. The Kier molecular flexibility index (Phi) is 6.49. The minimum atomic E-state index is 0. The van der Waals surface area contributed by atoms with Gasteiger partial charge in [0.25, 0.3) is 0 Å². The van der Waals surface area contributed by atoms with Gasteiger partial charge in [-0.1, -0.05) is 35.9 Å². The van der Waals surface area contributed by atoms with Crippen molar-refractivity contribution < 1.29 is 4.74 Å². The van der Waals surface area contributed by atoms with Crippen LogP contribution in [0.25, 0.3) is 10.9 Å². The van der Waals surface area contributed by atoms with Crippen LogP contribution in [-0.4, -0.2) is 41.9 Å². The highest BCUT2D eigenvalue weighted by molar-refractivity contribution is 6.30. The lowest BCUT2D eigenvalue weighted by Crippen LogP contribution is -2.19. The summed E-state index contributed by atoms with van der Waals surface area (Å²) < 4.78 is 7.85. The molecule has 0 aliphatic carbocycles. The van der Waals surface area contributed by atoms with E-state index in [1.807, 2.05) is 61.2 Å². The van der Waals surface area contributed by atoms with Crippen molar-refractivity contribution in [3.05, 3.63) is 59.1 Å². The third kappa shape index (κ3) is 4.41. The van der Waals surface area contributed by atoms with E-state index < -0.39 is 0 Å². The molecule has 0 saturated heterocycles. The quantitative estimate of drug-likeness (QED) is 0.658. The van der Waals surface area contributed by atoms with Gasteiger partial charge in [0, 0.05) is 11.6 Å². The first-order valence-electron chi connectivity index (χ1n) is 7.61. The molecule has 0 radical (unpaired) electrons. The van der Waals surface area contributed by atoms with Crippen molar-refractivity contribution in [2.75, 3.05) is 27.2 Å². The lowest BCUT2D eigenvalue weighted by atomic mass is 10.2. The monoisotopic (exact) mass is 365 g/mol. The molecule has 3 rings (SSSR count). The molecule has 0 aliphatic rings. The predicted octanol–water partition coefficient (Wildman–Crippen LogP) is 4.10. The second kappa shape index (κ2) is 8.38. The van der Waals surface area contributed by atoms with Crippen LogP contribution in [-0.2, 0) is 6.54 Å². The third-order valence-electron chi connectivity index (χ3n) is 3.65. The predicted molar refractivity (Wildman–Crippen MR) is 102 cm³/mol. The van der Waals surface area contributed by atoms with Crippen LogP contribution in [0.3, 0.4) is 0 Å². The summed E-state index contributed by atoms with van der Waals surface area (Å²) in [6, 6.07) is 16.0. The van der Waals surface area contributed by atoms with Crippen LogP contribution in [0.4, 0.5) is 0 Å². The summed E-state index contributed by atoms with van der Waals surface area (Å²) in [6.45, 7) is 2.17. The average Bonchev–Trinajstić information content (AvgIpc) is 2.88. The van der Waals surface area contributed by atoms with Gasteiger partial charge in [-0.3, -0.25) is 4.68 Å². The largest absolute Gasteiger partial charge is 0.475 e. The van der Waals surface area contributed by atoms with Crippen molar-refractivity contribution >= 4 is 34.9 Å². The van der Waals surface area contributed by atoms with E-state index in [1.54, 1.807) is 0 Å². The number of fused-ring (bicyclic) bond motifs is 1. The van der Waals surface area contributed by atoms with Crippen LogP contribution in [0.5, 0.6) is 5.88 Å². The first-order chi connectivity index (χ1) is 11.1. The molecular formula is C18H21Cl2N3O. The zero-order valence-corrected chi connectivity index (χ0v) is 15.3. The molecule has 1 heterocycles. The van der Waals surface area contributed by atoms with Gasteiger partial charge in [0.1, 0.15) is 6.61 Å². The van der Waals surface area contributed by atoms with Crippen molar-refractivity contribution in [2.24, 2.45) is 0 Å². The maximum atomic E-state index is 5.95. The number of rotatable bonds is 6. The van der Waals surface area contributed by atoms with E-state index in [4.69, 9.17) is 16.3 Å². The number of hydrogen-bond donors (Lipinski definition) is 0. The number of benzene rings is 2. The van der Waals surface area contributed by atoms with Crippen molar-refractivity contribution in [3.63, 3.8) is 0 Å². The molecule has 0 amide bonds. The third-order valence-corrected chi connectivity index (χ3v) is 3.90. The van der Waals surface area contributed by atoms with E-state index in [0.717, 1.165) is 28.0 Å². The molecule has 0 N–H and O–H groups in total. The smallest absolute Gasteiger partial charge is 0.240 e. The average molecular weight is 366 g/mol. The number of hydrogen-bond acceptors (Lipinski definition) is 3. The summed E-state index contributed by atoms with van der Waals surface area (Å²) in [5.74, 6) is 0.691. The molecule has 2 aromatic carbocycles. The Morgan fingerprint density at radius 2 is 1.79 bits per heavy atom. The Labute approximate surface area is 153 Å². The molecule has 128 valence electrons. The number of para-hydroxylation sites is 1. The van der Waals surface area contributed by atoms with E-state index in [1.165, 1.54) is 0 Å². The molecule has 0 spiro atoms. The van der Waals surface area contributed by atoms with Gasteiger partial charge in [-0.25, -0.2) is 0 Å². The number of likely N-dealkylation sites (N-methyl/N-ethyl adjacent to an activating group) is 1. The molecule has 3 aromatic rings. The summed E-state index contributed by atoms with van der Waals surface area (Å²) >= 11 is 5.95. The van der Waals surface area contributed by atoms with Crippen molar-refractivity contribution in [2.45, 2.75) is 6.54 Å². The van der Waals surface area contributed by atoms with E-state index >= 15 is 0 Å². The molecule has 24 heavy (non-hydrogen) atoms. The number of ether oxygens (including phenoxy) is 1. The highest BCUT2D eigenvalue weighted by Gasteiger charge is 2.11. The van der Waals surface area contributed by atoms with Crippen molar-refractivity contribution in [1.82, 2.24) is 14.7 Å². The van der Waals surface area contributed by atoms with E-state index in [9.17, 15) is 0 Å². The summed E-state index contributed by atoms with van der Waals surface area (Å²) in [4.78, 5) is 2.09. The molecule has 0 atom stereocenters. The standard InChI is InChI=1S/C18H20ClN3O.ClH/c1-21(2)11-12-23-18-16-5-3-4-6-17(16)22(20-18)13-14-7-9-15(19)10-8-14;/h3-10H,11-13H2,1-2H3;1H. The van der Waals surface area contributed by atoms with Crippen molar-refractivity contribution in [3.8, 4) is 5.88 Å². The van der Waals surface area contributed by atoms with Gasteiger partial charge in [0.15, 0.2) is 0 Å². The Morgan fingerprint density at radius 1 is 1.08 bits per heavy atom. The zero-order chi connectivity index (χ0) is 16.2. The molecule has 0 aliphatic heterocycles. The van der Waals surface area contributed by atoms with Crippen LogP contribution < -0.4 is 4.74 Å². The minimum Gasteiger partial charge on any atom is -0.475 e. The van der Waals surface area contributed by atoms with Gasteiger partial charge in [0.05, 0.1) is 17.4 Å². The Hall–Kier alpha value is -1.75. The van der Waals surface area contributed by atoms with Gasteiger partial charge in [0.2, 0.25) is 5.88 Å². The fourth-order valence-corrected chi connectivity index (χ4v) is 2.54. The Bertz CT molecular complexity index is 785. The van der Waals surface area contributed by atoms with Gasteiger partial charge in [-0.05, 0) is 43.9 Å². The summed E-state index contributed by atoms with van der Waals surface area (Å²) in [6.07, 6.45) is 0. The highest BCUT2D eigenvalue weighted by Crippen LogP contribution is 2.25. The molecule has 4 nitrogen and oxygen atoms in total. The lowest BCUT2D eigenvalue weighted by molar-refractivity contribution is 0.254. The fraction of sp³-hybridized carbons (Fsp3) is 0.278. The second-order valence-corrected chi connectivity index (χ2v) is 6.19.